The molecule has 0 spiro atoms. The van der Waals surface area contributed by atoms with E-state index in [4.69, 9.17) is 9.72 Å². The summed E-state index contributed by atoms with van der Waals surface area (Å²) >= 11 is 0. The molecule has 11 nitrogen and oxygen atoms in total. The molecule has 1 fully saturated rings. The molecule has 1 aliphatic heterocycles. The van der Waals surface area contributed by atoms with Gasteiger partial charge in [-0.15, -0.1) is 10.2 Å². The van der Waals surface area contributed by atoms with Gasteiger partial charge in [-0.25, -0.2) is 9.78 Å². The van der Waals surface area contributed by atoms with E-state index in [0.29, 0.717) is 49.9 Å². The maximum Gasteiger partial charge on any atom is 0.323 e. The summed E-state index contributed by atoms with van der Waals surface area (Å²) in [6.07, 6.45) is 4.92. The van der Waals surface area contributed by atoms with Crippen LogP contribution in [0.5, 0.6) is 0 Å². The van der Waals surface area contributed by atoms with E-state index in [-0.39, 0.29) is 29.2 Å². The highest BCUT2D eigenvalue weighted by molar-refractivity contribution is 5.89. The molecule has 2 aromatic carbocycles. The zero-order valence-corrected chi connectivity index (χ0v) is 26.1. The molecule has 3 heterocycles. The first-order valence-electron chi connectivity index (χ1n) is 15.6. The minimum absolute atomic E-state index is 0.132. The van der Waals surface area contributed by atoms with Crippen molar-refractivity contribution >= 4 is 17.5 Å². The molecule has 0 radical (unpaired) electrons. The van der Waals surface area contributed by atoms with Crippen LogP contribution in [-0.4, -0.2) is 72.7 Å². The normalized spacial score (nSPS) is 15.0. The maximum atomic E-state index is 14.2. The topological polar surface area (TPSA) is 136 Å². The smallest absolute Gasteiger partial charge is 0.323 e. The average Bonchev–Trinajstić information content (AvgIpc) is 3.60. The van der Waals surface area contributed by atoms with Gasteiger partial charge in [-0.3, -0.25) is 19.1 Å². The summed E-state index contributed by atoms with van der Waals surface area (Å²) in [5, 5.41) is 14.5. The Labute approximate surface area is 262 Å². The number of H-pyrrole nitrogens is 1. The van der Waals surface area contributed by atoms with E-state index in [9.17, 15) is 14.4 Å². The summed E-state index contributed by atoms with van der Waals surface area (Å²) in [5.74, 6) is 2.93. The van der Waals surface area contributed by atoms with Crippen molar-refractivity contribution in [3.05, 3.63) is 81.5 Å². The molecule has 0 bridgehead atoms. The lowest BCUT2D eigenvalue weighted by atomic mass is 9.98. The van der Waals surface area contributed by atoms with Crippen molar-refractivity contribution in [1.82, 2.24) is 35.1 Å². The van der Waals surface area contributed by atoms with Crippen LogP contribution in [0.15, 0.2) is 53.3 Å². The van der Waals surface area contributed by atoms with Gasteiger partial charge in [0.15, 0.2) is 0 Å². The Morgan fingerprint density at radius 2 is 1.87 bits per heavy atom. The summed E-state index contributed by atoms with van der Waals surface area (Å²) < 4.78 is 6.98. The molecule has 1 aliphatic rings. The molecule has 0 amide bonds. The molecular weight excluding hydrogens is 570 g/mol. The minimum atomic E-state index is -0.454. The molecule has 2 aromatic heterocycles. The van der Waals surface area contributed by atoms with Crippen molar-refractivity contribution < 1.29 is 14.3 Å². The number of carbonyl (C=O) groups excluding carboxylic acids is 2. The lowest BCUT2D eigenvalue weighted by Crippen LogP contribution is -2.46. The van der Waals surface area contributed by atoms with Gasteiger partial charge in [-0.1, -0.05) is 68.3 Å². The van der Waals surface area contributed by atoms with Crippen LogP contribution in [0.1, 0.15) is 68.6 Å². The molecular formula is C34H39N7O4. The van der Waals surface area contributed by atoms with Gasteiger partial charge in [0.1, 0.15) is 17.8 Å². The third kappa shape index (κ3) is 7.16. The van der Waals surface area contributed by atoms with Crippen LogP contribution in [0.2, 0.25) is 0 Å². The van der Waals surface area contributed by atoms with Gasteiger partial charge in [-0.2, -0.15) is 5.21 Å². The summed E-state index contributed by atoms with van der Waals surface area (Å²) in [4.78, 5) is 46.1. The number of aromatic nitrogens is 6. The van der Waals surface area contributed by atoms with E-state index in [1.165, 1.54) is 0 Å². The second-order valence-corrected chi connectivity index (χ2v) is 11.3. The fourth-order valence-corrected chi connectivity index (χ4v) is 5.98. The second kappa shape index (κ2) is 14.8. The molecule has 1 unspecified atom stereocenters. The van der Waals surface area contributed by atoms with E-state index in [0.717, 1.165) is 47.9 Å². The number of carbonyl (C=O) groups is 1. The molecule has 234 valence electrons. The SMILES string of the molecule is CCCCc1nc(C)c(C(=C=O)CN2CCCCC2C(=O)OCC)c(=O)n1Cc1ccc(-c2ccccc2-c2nn[nH]n2)cc1. The number of esters is 1. The zero-order valence-electron chi connectivity index (χ0n) is 26.1. The predicted molar refractivity (Wildman–Crippen MR) is 171 cm³/mol. The van der Waals surface area contributed by atoms with Crippen molar-refractivity contribution in [3.63, 3.8) is 0 Å². The largest absolute Gasteiger partial charge is 0.465 e. The van der Waals surface area contributed by atoms with Gasteiger partial charge in [0, 0.05) is 18.5 Å². The standard InChI is InChI=1S/C34H39N7O4/c1-4-6-14-30-35-23(3)31(26(22-42)21-40-19-10-9-13-29(40)34(44)45-5-2)33(43)41(30)20-24-15-17-25(18-16-24)27-11-7-8-12-28(27)32-36-38-39-37-32/h7-8,11-12,15-18,29H,4-6,9-10,13-14,19-21H2,1-3H3,(H,36,37,38,39). The van der Waals surface area contributed by atoms with Gasteiger partial charge < -0.3 is 4.74 Å². The van der Waals surface area contributed by atoms with Crippen LogP contribution in [0.4, 0.5) is 0 Å². The predicted octanol–water partition coefficient (Wildman–Crippen LogP) is 4.42. The van der Waals surface area contributed by atoms with Gasteiger partial charge in [0.25, 0.3) is 5.56 Å². The van der Waals surface area contributed by atoms with Gasteiger partial charge >= 0.3 is 5.97 Å². The van der Waals surface area contributed by atoms with Crippen LogP contribution < -0.4 is 5.56 Å². The molecule has 5 rings (SSSR count). The number of nitrogens with zero attached hydrogens (tertiary/aromatic N) is 6. The number of unbranched alkanes of at least 4 members (excludes halogenated alkanes) is 1. The number of benzene rings is 2. The molecule has 1 saturated heterocycles. The van der Waals surface area contributed by atoms with Crippen molar-refractivity contribution in [2.75, 3.05) is 19.7 Å². The van der Waals surface area contributed by atoms with Crippen molar-refractivity contribution in [2.45, 2.75) is 71.9 Å². The number of ether oxygens (including phenoxy) is 1. The van der Waals surface area contributed by atoms with E-state index in [1.807, 2.05) is 59.4 Å². The van der Waals surface area contributed by atoms with E-state index in [1.54, 1.807) is 18.4 Å². The Kier molecular flexibility index (Phi) is 10.4. The van der Waals surface area contributed by atoms with E-state index < -0.39 is 6.04 Å². The fourth-order valence-electron chi connectivity index (χ4n) is 5.98. The molecule has 1 N–H and O–H groups in total. The Morgan fingerprint density at radius 1 is 1.09 bits per heavy atom. The first kappa shape index (κ1) is 31.7. The van der Waals surface area contributed by atoms with Crippen LogP contribution in [0.3, 0.4) is 0 Å². The Hall–Kier alpha value is -4.73. The first-order valence-corrected chi connectivity index (χ1v) is 15.6. The number of aryl methyl sites for hydroxylation is 2. The number of hydrogen-bond donors (Lipinski definition) is 1. The highest BCUT2D eigenvalue weighted by atomic mass is 16.5. The zero-order chi connectivity index (χ0) is 31.8. The lowest BCUT2D eigenvalue weighted by Gasteiger charge is -2.34. The third-order valence-electron chi connectivity index (χ3n) is 8.26. The van der Waals surface area contributed by atoms with E-state index >= 15 is 0 Å². The van der Waals surface area contributed by atoms with Crippen molar-refractivity contribution in [3.8, 4) is 22.5 Å². The fraction of sp³-hybridized carbons (Fsp3) is 0.412. The number of nitrogens with one attached hydrogen (secondary N) is 1. The van der Waals surface area contributed by atoms with Crippen LogP contribution in [0.25, 0.3) is 28.1 Å². The van der Waals surface area contributed by atoms with Crippen molar-refractivity contribution in [2.24, 2.45) is 0 Å². The van der Waals surface area contributed by atoms with Crippen molar-refractivity contribution in [1.29, 1.82) is 0 Å². The Bertz CT molecular complexity index is 1720. The summed E-state index contributed by atoms with van der Waals surface area (Å²) in [5.41, 5.74) is 4.41. The second-order valence-electron chi connectivity index (χ2n) is 11.3. The molecule has 1 atom stereocenters. The molecule has 11 heteroatoms. The molecule has 0 aliphatic carbocycles. The number of piperidine rings is 1. The summed E-state index contributed by atoms with van der Waals surface area (Å²) in [7, 11) is 0. The molecule has 45 heavy (non-hydrogen) atoms. The quantitative estimate of drug-likeness (QED) is 0.183. The lowest BCUT2D eigenvalue weighted by molar-refractivity contribution is -0.150. The van der Waals surface area contributed by atoms with Gasteiger partial charge in [0.05, 0.1) is 30.0 Å². The highest BCUT2D eigenvalue weighted by Gasteiger charge is 2.32. The monoisotopic (exact) mass is 609 g/mol. The Morgan fingerprint density at radius 3 is 2.56 bits per heavy atom. The molecule has 0 saturated carbocycles. The number of tetrazole rings is 1. The first-order chi connectivity index (χ1) is 21.9. The summed E-state index contributed by atoms with van der Waals surface area (Å²) in [6, 6.07) is 15.4. The third-order valence-corrected chi connectivity index (χ3v) is 8.26. The number of aromatic amines is 1. The number of hydrogen-bond acceptors (Lipinski definition) is 9. The highest BCUT2D eigenvalue weighted by Crippen LogP contribution is 2.30. The average molecular weight is 610 g/mol. The van der Waals surface area contributed by atoms with Crippen LogP contribution in [0, 0.1) is 6.92 Å². The number of rotatable bonds is 12. The summed E-state index contributed by atoms with van der Waals surface area (Å²) in [6.45, 7) is 7.00. The van der Waals surface area contributed by atoms with Gasteiger partial charge in [-0.05, 0) is 61.6 Å². The van der Waals surface area contributed by atoms with Crippen LogP contribution >= 0.6 is 0 Å². The Balaban J connectivity index is 1.46. The van der Waals surface area contributed by atoms with Gasteiger partial charge in [0.2, 0.25) is 5.82 Å². The molecule has 4 aromatic rings. The minimum Gasteiger partial charge on any atom is -0.465 e. The van der Waals surface area contributed by atoms with E-state index in [2.05, 4.69) is 27.5 Å². The van der Waals surface area contributed by atoms with Crippen LogP contribution in [-0.2, 0) is 27.3 Å². The maximum absolute atomic E-state index is 14.2. The number of likely N-dealkylation sites (tertiary alicyclic amines) is 1.